The summed E-state index contributed by atoms with van der Waals surface area (Å²) in [5.41, 5.74) is 0.672. The van der Waals surface area contributed by atoms with E-state index in [2.05, 4.69) is 4.98 Å². The molecule has 0 aliphatic rings. The monoisotopic (exact) mass is 237 g/mol. The number of halogens is 1. The van der Waals surface area contributed by atoms with Crippen LogP contribution in [0, 0.1) is 6.92 Å². The van der Waals surface area contributed by atoms with Gasteiger partial charge in [-0.2, -0.15) is 0 Å². The average Bonchev–Trinajstić information content (AvgIpc) is 2.19. The molecule has 0 aliphatic heterocycles. The molecule has 0 spiro atoms. The second-order valence-electron chi connectivity index (χ2n) is 3.50. The van der Waals surface area contributed by atoms with Crippen LogP contribution in [0.3, 0.4) is 0 Å². The number of aryl methyl sites for hydroxylation is 1. The molecule has 1 aromatic heterocycles. The molecule has 82 valence electrons. The largest absolute Gasteiger partial charge is 0.478 e. The van der Waals surface area contributed by atoms with Crippen LogP contribution in [0.5, 0.6) is 0 Å². The molecule has 2 rings (SSSR count). The summed E-state index contributed by atoms with van der Waals surface area (Å²) >= 11 is 5.68. The van der Waals surface area contributed by atoms with Gasteiger partial charge in [-0.15, -0.1) is 0 Å². The maximum Gasteiger partial charge on any atom is 0.338 e. The van der Waals surface area contributed by atoms with Crippen LogP contribution in [0.25, 0.3) is 10.9 Å². The quantitative estimate of drug-likeness (QED) is 0.799. The van der Waals surface area contributed by atoms with Crippen LogP contribution < -0.4 is 5.56 Å². The number of pyridine rings is 1. The number of hydrogen-bond acceptors (Lipinski definition) is 2. The van der Waals surface area contributed by atoms with E-state index in [1.165, 1.54) is 0 Å². The highest BCUT2D eigenvalue weighted by Crippen LogP contribution is 2.22. The molecule has 5 heteroatoms. The van der Waals surface area contributed by atoms with E-state index < -0.39 is 11.5 Å². The van der Waals surface area contributed by atoms with Gasteiger partial charge in [-0.1, -0.05) is 23.7 Å². The van der Waals surface area contributed by atoms with Gasteiger partial charge in [0.05, 0.1) is 5.56 Å². The maximum absolute atomic E-state index is 11.4. The van der Waals surface area contributed by atoms with Crippen molar-refractivity contribution in [2.24, 2.45) is 0 Å². The smallest absolute Gasteiger partial charge is 0.338 e. The van der Waals surface area contributed by atoms with Crippen molar-refractivity contribution in [3.8, 4) is 0 Å². The fourth-order valence-corrected chi connectivity index (χ4v) is 1.83. The summed E-state index contributed by atoms with van der Waals surface area (Å²) in [5.74, 6) is -1.20. The van der Waals surface area contributed by atoms with Crippen molar-refractivity contribution >= 4 is 28.5 Å². The van der Waals surface area contributed by atoms with Gasteiger partial charge in [0.1, 0.15) is 5.02 Å². The lowest BCUT2D eigenvalue weighted by molar-refractivity contribution is 0.0699. The first-order valence-electron chi connectivity index (χ1n) is 4.56. The van der Waals surface area contributed by atoms with E-state index in [0.717, 1.165) is 5.56 Å². The van der Waals surface area contributed by atoms with Crippen LogP contribution in [0.15, 0.2) is 23.0 Å². The predicted octanol–water partition coefficient (Wildman–Crippen LogP) is 2.19. The number of aromatic nitrogens is 1. The normalized spacial score (nSPS) is 10.6. The summed E-state index contributed by atoms with van der Waals surface area (Å²) in [5, 5.41) is 9.17. The zero-order valence-electron chi connectivity index (χ0n) is 8.37. The summed E-state index contributed by atoms with van der Waals surface area (Å²) in [6, 6.07) is 5.11. The van der Waals surface area contributed by atoms with Crippen LogP contribution >= 0.6 is 11.6 Å². The molecule has 0 fully saturated rings. The number of H-pyrrole nitrogens is 1. The standard InChI is InChI=1S/C11H8ClNO3/c1-5-2-3-6-7(4-5)13-10(14)9(12)8(6)11(15)16/h2-4H,1H3,(H,13,14)(H,15,16). The molecule has 0 radical (unpaired) electrons. The molecule has 0 aliphatic carbocycles. The highest BCUT2D eigenvalue weighted by molar-refractivity contribution is 6.34. The van der Waals surface area contributed by atoms with Gasteiger partial charge in [0, 0.05) is 10.9 Å². The Kier molecular flexibility index (Phi) is 2.44. The lowest BCUT2D eigenvalue weighted by Crippen LogP contribution is -2.13. The van der Waals surface area contributed by atoms with Crippen LogP contribution in [0.1, 0.15) is 15.9 Å². The van der Waals surface area contributed by atoms with Gasteiger partial charge in [-0.05, 0) is 18.6 Å². The second-order valence-corrected chi connectivity index (χ2v) is 3.88. The van der Waals surface area contributed by atoms with E-state index in [4.69, 9.17) is 16.7 Å². The van der Waals surface area contributed by atoms with Gasteiger partial charge in [0.25, 0.3) is 5.56 Å². The lowest BCUT2D eigenvalue weighted by Gasteiger charge is -2.05. The van der Waals surface area contributed by atoms with Crippen molar-refractivity contribution in [2.45, 2.75) is 6.92 Å². The fraction of sp³-hybridized carbons (Fsp3) is 0.0909. The Hall–Kier alpha value is -1.81. The maximum atomic E-state index is 11.4. The SMILES string of the molecule is Cc1ccc2c(C(=O)O)c(Cl)c(=O)[nH]c2c1. The third kappa shape index (κ3) is 1.57. The Bertz CT molecular complexity index is 645. The summed E-state index contributed by atoms with van der Waals surface area (Å²) in [4.78, 5) is 25.0. The van der Waals surface area contributed by atoms with E-state index in [0.29, 0.717) is 10.9 Å². The molecule has 0 amide bonds. The van der Waals surface area contributed by atoms with Gasteiger partial charge in [-0.3, -0.25) is 4.79 Å². The summed E-state index contributed by atoms with van der Waals surface area (Å²) < 4.78 is 0. The van der Waals surface area contributed by atoms with E-state index in [1.54, 1.807) is 18.2 Å². The molecule has 16 heavy (non-hydrogen) atoms. The topological polar surface area (TPSA) is 70.2 Å². The number of nitrogens with one attached hydrogen (secondary N) is 1. The molecule has 1 heterocycles. The predicted molar refractivity (Wildman–Crippen MR) is 61.3 cm³/mol. The first kappa shape index (κ1) is 10.7. The fourth-order valence-electron chi connectivity index (χ4n) is 1.60. The van der Waals surface area contributed by atoms with Crippen molar-refractivity contribution in [2.75, 3.05) is 0 Å². The van der Waals surface area contributed by atoms with E-state index >= 15 is 0 Å². The molecule has 4 nitrogen and oxygen atoms in total. The number of rotatable bonds is 1. The average molecular weight is 238 g/mol. The molecule has 2 N–H and O–H groups in total. The van der Waals surface area contributed by atoms with Gasteiger partial charge in [-0.25, -0.2) is 4.79 Å². The lowest BCUT2D eigenvalue weighted by atomic mass is 10.1. The number of aromatic amines is 1. The molecule has 0 unspecified atom stereocenters. The number of carboxylic acids is 1. The Morgan fingerprint density at radius 3 is 2.75 bits per heavy atom. The molecule has 2 aromatic rings. The number of hydrogen-bond donors (Lipinski definition) is 2. The molecular weight excluding hydrogens is 230 g/mol. The molecule has 0 saturated heterocycles. The van der Waals surface area contributed by atoms with Gasteiger partial charge in [0.15, 0.2) is 0 Å². The minimum absolute atomic E-state index is 0.152. The van der Waals surface area contributed by atoms with Crippen LogP contribution in [-0.4, -0.2) is 16.1 Å². The minimum atomic E-state index is -1.20. The second kappa shape index (κ2) is 3.64. The molecule has 1 aromatic carbocycles. The number of fused-ring (bicyclic) bond motifs is 1. The molecule has 0 bridgehead atoms. The van der Waals surface area contributed by atoms with Crippen molar-refractivity contribution in [3.05, 3.63) is 44.7 Å². The minimum Gasteiger partial charge on any atom is -0.478 e. The Labute approximate surface area is 95.5 Å². The van der Waals surface area contributed by atoms with Crippen molar-refractivity contribution in [1.82, 2.24) is 4.98 Å². The van der Waals surface area contributed by atoms with Crippen molar-refractivity contribution < 1.29 is 9.90 Å². The highest BCUT2D eigenvalue weighted by atomic mass is 35.5. The summed E-state index contributed by atoms with van der Waals surface area (Å²) in [6.07, 6.45) is 0. The Morgan fingerprint density at radius 2 is 2.12 bits per heavy atom. The number of carboxylic acid groups (broad SMARTS) is 1. The zero-order chi connectivity index (χ0) is 11.9. The van der Waals surface area contributed by atoms with Crippen molar-refractivity contribution in [3.63, 3.8) is 0 Å². The first-order valence-corrected chi connectivity index (χ1v) is 4.94. The number of benzene rings is 1. The van der Waals surface area contributed by atoms with Crippen LogP contribution in [-0.2, 0) is 0 Å². The third-order valence-electron chi connectivity index (χ3n) is 2.33. The molecule has 0 atom stereocenters. The van der Waals surface area contributed by atoms with Crippen LogP contribution in [0.2, 0.25) is 5.02 Å². The Balaban J connectivity index is 3.00. The van der Waals surface area contributed by atoms with Gasteiger partial charge >= 0.3 is 5.97 Å². The Morgan fingerprint density at radius 1 is 1.44 bits per heavy atom. The molecular formula is C11H8ClNO3. The van der Waals surface area contributed by atoms with Gasteiger partial charge in [0.2, 0.25) is 0 Å². The zero-order valence-corrected chi connectivity index (χ0v) is 9.13. The summed E-state index contributed by atoms with van der Waals surface area (Å²) in [7, 11) is 0. The van der Waals surface area contributed by atoms with Crippen LogP contribution in [0.4, 0.5) is 0 Å². The van der Waals surface area contributed by atoms with Gasteiger partial charge < -0.3 is 10.1 Å². The number of carbonyl (C=O) groups is 1. The number of aromatic carboxylic acids is 1. The van der Waals surface area contributed by atoms with Crippen molar-refractivity contribution in [1.29, 1.82) is 0 Å². The summed E-state index contributed by atoms with van der Waals surface area (Å²) in [6.45, 7) is 1.85. The highest BCUT2D eigenvalue weighted by Gasteiger charge is 2.16. The van der Waals surface area contributed by atoms with E-state index in [9.17, 15) is 9.59 Å². The first-order chi connectivity index (χ1) is 7.50. The molecule has 0 saturated carbocycles. The van der Waals surface area contributed by atoms with E-state index in [1.807, 2.05) is 6.92 Å². The van der Waals surface area contributed by atoms with E-state index in [-0.39, 0.29) is 10.6 Å². The third-order valence-corrected chi connectivity index (χ3v) is 2.69.